The Bertz CT molecular complexity index is 186. The molecule has 2 nitrogen and oxygen atoms in total. The van der Waals surface area contributed by atoms with Gasteiger partial charge >= 0.3 is 0 Å². The third kappa shape index (κ3) is 1.32. The van der Waals surface area contributed by atoms with Crippen LogP contribution < -0.4 is 5.32 Å². The number of Topliss-reactive ketones (excluding diaryl/α,β-unsaturated/α-hetero) is 1. The molecule has 1 unspecified atom stereocenters. The van der Waals surface area contributed by atoms with E-state index in [1.807, 2.05) is 0 Å². The molecule has 1 heterocycles. The Kier molecular flexibility index (Phi) is 1.53. The fourth-order valence-corrected chi connectivity index (χ4v) is 2.06. The Balaban J connectivity index is 2.04. The van der Waals surface area contributed by atoms with Crippen molar-refractivity contribution in [2.45, 2.75) is 38.1 Å². The molecule has 2 heteroatoms. The number of carbonyl (C=O) groups is 1. The number of piperidine rings is 1. The maximum atomic E-state index is 11.2. The summed E-state index contributed by atoms with van der Waals surface area (Å²) in [5.74, 6) is 1.23. The molecule has 1 saturated heterocycles. The zero-order valence-electron chi connectivity index (χ0n) is 7.02. The normalized spacial score (nSPS) is 39.2. The average molecular weight is 153 g/mol. The Morgan fingerprint density at radius 1 is 1.55 bits per heavy atom. The number of hydrogen-bond donors (Lipinski definition) is 1. The van der Waals surface area contributed by atoms with Gasteiger partial charge in [0.25, 0.3) is 0 Å². The number of ketones is 1. The molecule has 0 aromatic heterocycles. The van der Waals surface area contributed by atoms with E-state index in [4.69, 9.17) is 0 Å². The summed E-state index contributed by atoms with van der Waals surface area (Å²) in [5.41, 5.74) is 0.162. The molecule has 1 aliphatic carbocycles. The number of nitrogens with one attached hydrogen (secondary N) is 1. The summed E-state index contributed by atoms with van der Waals surface area (Å²) in [5, 5.41) is 3.47. The van der Waals surface area contributed by atoms with Gasteiger partial charge in [0.05, 0.1) is 0 Å². The first kappa shape index (κ1) is 7.29. The van der Waals surface area contributed by atoms with E-state index in [2.05, 4.69) is 12.2 Å². The fraction of sp³-hybridized carbons (Fsp3) is 0.889. The summed E-state index contributed by atoms with van der Waals surface area (Å²) in [6.45, 7) is 3.09. The molecule has 1 saturated carbocycles. The third-order valence-electron chi connectivity index (χ3n) is 2.98. The lowest BCUT2D eigenvalue weighted by molar-refractivity contribution is -0.122. The second-order valence-electron chi connectivity index (χ2n) is 4.08. The van der Waals surface area contributed by atoms with E-state index in [0.29, 0.717) is 5.78 Å². The Labute approximate surface area is 67.4 Å². The van der Waals surface area contributed by atoms with Crippen molar-refractivity contribution < 1.29 is 4.79 Å². The van der Waals surface area contributed by atoms with E-state index < -0.39 is 0 Å². The van der Waals surface area contributed by atoms with Crippen molar-refractivity contribution in [3.05, 3.63) is 0 Å². The van der Waals surface area contributed by atoms with Gasteiger partial charge in [-0.25, -0.2) is 0 Å². The van der Waals surface area contributed by atoms with Crippen LogP contribution in [-0.2, 0) is 4.79 Å². The highest BCUT2D eigenvalue weighted by molar-refractivity contribution is 5.80. The van der Waals surface area contributed by atoms with Gasteiger partial charge in [-0.1, -0.05) is 0 Å². The van der Waals surface area contributed by atoms with E-state index in [0.717, 1.165) is 25.3 Å². The van der Waals surface area contributed by atoms with Gasteiger partial charge in [-0.3, -0.25) is 4.79 Å². The lowest BCUT2D eigenvalue weighted by Gasteiger charge is -2.34. The first-order valence-electron chi connectivity index (χ1n) is 4.47. The van der Waals surface area contributed by atoms with Crippen LogP contribution in [0, 0.1) is 5.92 Å². The zero-order valence-corrected chi connectivity index (χ0v) is 7.02. The van der Waals surface area contributed by atoms with Crippen molar-refractivity contribution in [3.8, 4) is 0 Å². The van der Waals surface area contributed by atoms with Crippen LogP contribution in [0.5, 0.6) is 0 Å². The minimum absolute atomic E-state index is 0.162. The van der Waals surface area contributed by atoms with Crippen molar-refractivity contribution in [1.82, 2.24) is 5.32 Å². The molecule has 0 aromatic carbocycles. The van der Waals surface area contributed by atoms with Crippen LogP contribution in [0.3, 0.4) is 0 Å². The summed E-state index contributed by atoms with van der Waals surface area (Å²) >= 11 is 0. The van der Waals surface area contributed by atoms with E-state index in [1.165, 1.54) is 12.8 Å². The first-order chi connectivity index (χ1) is 5.21. The van der Waals surface area contributed by atoms with Gasteiger partial charge in [-0.2, -0.15) is 0 Å². The molecule has 0 aromatic rings. The van der Waals surface area contributed by atoms with Gasteiger partial charge in [0.15, 0.2) is 0 Å². The van der Waals surface area contributed by atoms with Crippen LogP contribution in [0.1, 0.15) is 32.6 Å². The predicted molar refractivity (Wildman–Crippen MR) is 43.4 cm³/mol. The molecule has 0 spiro atoms. The molecule has 2 rings (SSSR count). The Morgan fingerprint density at radius 2 is 2.27 bits per heavy atom. The maximum Gasteiger partial charge on any atom is 0.136 e. The van der Waals surface area contributed by atoms with Crippen LogP contribution in [0.25, 0.3) is 0 Å². The highest BCUT2D eigenvalue weighted by Crippen LogP contribution is 2.42. The Hall–Kier alpha value is -0.370. The van der Waals surface area contributed by atoms with Crippen molar-refractivity contribution in [1.29, 1.82) is 0 Å². The minimum atomic E-state index is 0.162. The van der Waals surface area contributed by atoms with Gasteiger partial charge in [0.1, 0.15) is 5.78 Å². The predicted octanol–water partition coefficient (Wildman–Crippen LogP) is 1.11. The molecule has 2 aliphatic rings. The van der Waals surface area contributed by atoms with Crippen LogP contribution in [-0.4, -0.2) is 17.9 Å². The second-order valence-corrected chi connectivity index (χ2v) is 4.08. The quantitative estimate of drug-likeness (QED) is 0.611. The van der Waals surface area contributed by atoms with Crippen LogP contribution in [0.4, 0.5) is 0 Å². The molecule has 2 fully saturated rings. The first-order valence-corrected chi connectivity index (χ1v) is 4.47. The Morgan fingerprint density at radius 3 is 2.82 bits per heavy atom. The van der Waals surface area contributed by atoms with E-state index in [1.54, 1.807) is 0 Å². The lowest BCUT2D eigenvalue weighted by Crippen LogP contribution is -2.50. The highest BCUT2D eigenvalue weighted by atomic mass is 16.1. The molecule has 0 amide bonds. The molecule has 11 heavy (non-hydrogen) atoms. The number of hydrogen-bond acceptors (Lipinski definition) is 2. The molecule has 1 atom stereocenters. The van der Waals surface area contributed by atoms with E-state index in [-0.39, 0.29) is 5.54 Å². The third-order valence-corrected chi connectivity index (χ3v) is 2.98. The van der Waals surface area contributed by atoms with Gasteiger partial charge < -0.3 is 5.32 Å². The maximum absolute atomic E-state index is 11.2. The van der Waals surface area contributed by atoms with Crippen LogP contribution in [0.2, 0.25) is 0 Å². The smallest absolute Gasteiger partial charge is 0.136 e. The summed E-state index contributed by atoms with van der Waals surface area (Å²) in [7, 11) is 0. The zero-order chi connectivity index (χ0) is 7.90. The number of rotatable bonds is 1. The van der Waals surface area contributed by atoms with E-state index in [9.17, 15) is 4.79 Å². The van der Waals surface area contributed by atoms with Gasteiger partial charge in [0, 0.05) is 24.9 Å². The molecular formula is C9H15NO. The van der Waals surface area contributed by atoms with Crippen molar-refractivity contribution >= 4 is 5.78 Å². The summed E-state index contributed by atoms with van der Waals surface area (Å²) in [6, 6.07) is 0. The van der Waals surface area contributed by atoms with Gasteiger partial charge in [-0.15, -0.1) is 0 Å². The number of carbonyl (C=O) groups excluding carboxylic acids is 1. The van der Waals surface area contributed by atoms with Crippen LogP contribution >= 0.6 is 0 Å². The van der Waals surface area contributed by atoms with Gasteiger partial charge in [0.2, 0.25) is 0 Å². The SMILES string of the molecule is CC1(C2CC2)CC(=O)CCN1. The molecule has 0 bridgehead atoms. The molecule has 1 aliphatic heterocycles. The van der Waals surface area contributed by atoms with Crippen molar-refractivity contribution in [2.24, 2.45) is 5.92 Å². The standard InChI is InChI=1S/C9H15NO/c1-9(7-2-3-7)6-8(11)4-5-10-9/h7,10H,2-6H2,1H3. The second kappa shape index (κ2) is 2.31. The lowest BCUT2D eigenvalue weighted by atomic mass is 9.86. The highest BCUT2D eigenvalue weighted by Gasteiger charge is 2.43. The average Bonchev–Trinajstić information content (AvgIpc) is 2.66. The topological polar surface area (TPSA) is 29.1 Å². The molecule has 0 radical (unpaired) electrons. The summed E-state index contributed by atoms with van der Waals surface area (Å²) in [4.78, 5) is 11.2. The van der Waals surface area contributed by atoms with Crippen molar-refractivity contribution in [3.63, 3.8) is 0 Å². The monoisotopic (exact) mass is 153 g/mol. The molecular weight excluding hydrogens is 138 g/mol. The minimum Gasteiger partial charge on any atom is -0.310 e. The molecule has 1 N–H and O–H groups in total. The largest absolute Gasteiger partial charge is 0.310 e. The van der Waals surface area contributed by atoms with Crippen LogP contribution in [0.15, 0.2) is 0 Å². The van der Waals surface area contributed by atoms with Crippen molar-refractivity contribution in [2.75, 3.05) is 6.54 Å². The summed E-state index contributed by atoms with van der Waals surface area (Å²) in [6.07, 6.45) is 4.13. The molecule has 62 valence electrons. The van der Waals surface area contributed by atoms with E-state index >= 15 is 0 Å². The summed E-state index contributed by atoms with van der Waals surface area (Å²) < 4.78 is 0. The fourth-order valence-electron chi connectivity index (χ4n) is 2.06. The van der Waals surface area contributed by atoms with Gasteiger partial charge in [-0.05, 0) is 25.7 Å².